The molecule has 1 aromatic heterocycles. The van der Waals surface area contributed by atoms with Crippen molar-refractivity contribution in [2.24, 2.45) is 0 Å². The van der Waals surface area contributed by atoms with Gasteiger partial charge in [-0.3, -0.25) is 4.79 Å². The second-order valence-corrected chi connectivity index (χ2v) is 4.90. The molecular formula is C16H11F3N2O. The summed E-state index contributed by atoms with van der Waals surface area (Å²) < 4.78 is 39.9. The predicted molar refractivity (Wildman–Crippen MR) is 79.4 cm³/mol. The van der Waals surface area contributed by atoms with E-state index in [9.17, 15) is 18.0 Å². The van der Waals surface area contributed by atoms with Crippen molar-refractivity contribution in [3.63, 3.8) is 0 Å². The smallest absolute Gasteiger partial charge is 0.385 e. The summed E-state index contributed by atoms with van der Waals surface area (Å²) in [7, 11) is 0. The number of fused-ring (bicyclic) bond motifs is 1. The topological polar surface area (TPSA) is 58.9 Å². The lowest BCUT2D eigenvalue weighted by Gasteiger charge is -2.13. The highest BCUT2D eigenvalue weighted by atomic mass is 19.4. The summed E-state index contributed by atoms with van der Waals surface area (Å²) in [6.45, 7) is 0. The van der Waals surface area contributed by atoms with Gasteiger partial charge in [0, 0.05) is 11.5 Å². The first-order chi connectivity index (χ1) is 10.4. The summed E-state index contributed by atoms with van der Waals surface area (Å²) in [6, 6.07) is 12.1. The molecule has 22 heavy (non-hydrogen) atoms. The van der Waals surface area contributed by atoms with Gasteiger partial charge in [0.05, 0.1) is 11.1 Å². The highest BCUT2D eigenvalue weighted by Gasteiger charge is 2.34. The fraction of sp³-hybridized carbons (Fsp3) is 0.0625. The number of H-pyrrole nitrogens is 1. The normalized spacial score (nSPS) is 11.8. The third-order valence-electron chi connectivity index (χ3n) is 3.37. The van der Waals surface area contributed by atoms with Crippen LogP contribution in [-0.4, -0.2) is 4.98 Å². The minimum absolute atomic E-state index is 0.0390. The third kappa shape index (κ3) is 2.43. The minimum Gasteiger partial charge on any atom is -0.385 e. The lowest BCUT2D eigenvalue weighted by atomic mass is 9.99. The summed E-state index contributed by atoms with van der Waals surface area (Å²) in [6.07, 6.45) is -4.60. The molecule has 3 rings (SSSR count). The van der Waals surface area contributed by atoms with Gasteiger partial charge in [0.25, 0.3) is 0 Å². The fourth-order valence-corrected chi connectivity index (χ4v) is 2.39. The second kappa shape index (κ2) is 4.91. The molecule has 0 saturated heterocycles. The number of aromatic amines is 1. The lowest BCUT2D eigenvalue weighted by Crippen LogP contribution is -2.12. The third-order valence-corrected chi connectivity index (χ3v) is 3.37. The molecular weight excluding hydrogens is 293 g/mol. The van der Waals surface area contributed by atoms with Gasteiger partial charge in [-0.15, -0.1) is 0 Å². The van der Waals surface area contributed by atoms with Gasteiger partial charge in [-0.1, -0.05) is 30.3 Å². The molecule has 0 bridgehead atoms. The Bertz CT molecular complexity index is 899. The number of anilines is 1. The molecule has 0 spiro atoms. The standard InChI is InChI=1S/C16H11F3N2O/c17-16(18,19)12-7-10(9-4-2-1-3-5-9)6-11-13(22)8-14(20)21-15(11)12/h1-8H,(H3,20,21,22). The molecule has 0 saturated carbocycles. The molecule has 0 amide bonds. The molecule has 3 aromatic rings. The molecule has 2 aromatic carbocycles. The van der Waals surface area contributed by atoms with E-state index in [0.29, 0.717) is 11.1 Å². The molecule has 0 aliphatic heterocycles. The van der Waals surface area contributed by atoms with E-state index in [0.717, 1.165) is 12.1 Å². The van der Waals surface area contributed by atoms with Crippen LogP contribution in [0, 0.1) is 0 Å². The van der Waals surface area contributed by atoms with Crippen LogP contribution >= 0.6 is 0 Å². The number of hydrogen-bond acceptors (Lipinski definition) is 2. The van der Waals surface area contributed by atoms with Crippen LogP contribution in [0.2, 0.25) is 0 Å². The highest BCUT2D eigenvalue weighted by Crippen LogP contribution is 2.36. The molecule has 0 atom stereocenters. The maximum absolute atomic E-state index is 13.3. The Morgan fingerprint density at radius 1 is 0.955 bits per heavy atom. The van der Waals surface area contributed by atoms with Gasteiger partial charge >= 0.3 is 6.18 Å². The van der Waals surface area contributed by atoms with Gasteiger partial charge < -0.3 is 10.7 Å². The Morgan fingerprint density at radius 2 is 1.64 bits per heavy atom. The van der Waals surface area contributed by atoms with Crippen LogP contribution in [0.3, 0.4) is 0 Å². The van der Waals surface area contributed by atoms with Crippen molar-refractivity contribution < 1.29 is 13.2 Å². The Labute approximate surface area is 123 Å². The number of nitrogens with two attached hydrogens (primary N) is 1. The Balaban J connectivity index is 2.42. The maximum Gasteiger partial charge on any atom is 0.418 e. The Kier molecular flexibility index (Phi) is 3.16. The van der Waals surface area contributed by atoms with Gasteiger partial charge in [0.2, 0.25) is 0 Å². The van der Waals surface area contributed by atoms with Crippen molar-refractivity contribution in [1.29, 1.82) is 0 Å². The molecule has 0 fully saturated rings. The van der Waals surface area contributed by atoms with Crippen molar-refractivity contribution in [2.45, 2.75) is 6.18 Å². The van der Waals surface area contributed by atoms with E-state index < -0.39 is 17.2 Å². The summed E-state index contributed by atoms with van der Waals surface area (Å²) in [5.74, 6) is -0.101. The van der Waals surface area contributed by atoms with E-state index in [1.807, 2.05) is 0 Å². The van der Waals surface area contributed by atoms with E-state index >= 15 is 0 Å². The molecule has 0 aliphatic carbocycles. The maximum atomic E-state index is 13.3. The summed E-state index contributed by atoms with van der Waals surface area (Å²) >= 11 is 0. The average molecular weight is 304 g/mol. The monoisotopic (exact) mass is 304 g/mol. The van der Waals surface area contributed by atoms with E-state index in [2.05, 4.69) is 4.98 Å². The zero-order valence-corrected chi connectivity index (χ0v) is 11.2. The van der Waals surface area contributed by atoms with Crippen LogP contribution < -0.4 is 11.2 Å². The molecule has 1 heterocycles. The first-order valence-electron chi connectivity index (χ1n) is 6.45. The van der Waals surface area contributed by atoms with Crippen LogP contribution in [0.5, 0.6) is 0 Å². The van der Waals surface area contributed by atoms with Crippen LogP contribution in [0.25, 0.3) is 22.0 Å². The quantitative estimate of drug-likeness (QED) is 0.718. The number of rotatable bonds is 1. The number of alkyl halides is 3. The number of benzene rings is 2. The number of hydrogen-bond donors (Lipinski definition) is 2. The lowest BCUT2D eigenvalue weighted by molar-refractivity contribution is -0.136. The first-order valence-corrected chi connectivity index (χ1v) is 6.45. The second-order valence-electron chi connectivity index (χ2n) is 4.90. The minimum atomic E-state index is -4.60. The Morgan fingerprint density at radius 3 is 2.27 bits per heavy atom. The zero-order chi connectivity index (χ0) is 15.9. The Hall–Kier alpha value is -2.76. The van der Waals surface area contributed by atoms with E-state index in [4.69, 9.17) is 5.73 Å². The van der Waals surface area contributed by atoms with Gasteiger partial charge in [-0.25, -0.2) is 0 Å². The first kappa shape index (κ1) is 14.2. The fourth-order valence-electron chi connectivity index (χ4n) is 2.39. The van der Waals surface area contributed by atoms with Crippen molar-refractivity contribution in [2.75, 3.05) is 5.73 Å². The molecule has 0 unspecified atom stereocenters. The number of halogens is 3. The molecule has 3 N–H and O–H groups in total. The van der Waals surface area contributed by atoms with E-state index in [1.54, 1.807) is 30.3 Å². The largest absolute Gasteiger partial charge is 0.418 e. The summed E-state index contributed by atoms with van der Waals surface area (Å²) in [5.41, 5.74) is 4.65. The van der Waals surface area contributed by atoms with Crippen LogP contribution in [0.15, 0.2) is 53.3 Å². The van der Waals surface area contributed by atoms with Gasteiger partial charge in [0.1, 0.15) is 5.82 Å². The van der Waals surface area contributed by atoms with Gasteiger partial charge in [-0.05, 0) is 23.3 Å². The molecule has 3 nitrogen and oxygen atoms in total. The van der Waals surface area contributed by atoms with Crippen molar-refractivity contribution in [3.8, 4) is 11.1 Å². The SMILES string of the molecule is Nc1cc(=O)c2cc(-c3ccccc3)cc(C(F)(F)F)c2[nH]1. The molecule has 0 radical (unpaired) electrons. The zero-order valence-electron chi connectivity index (χ0n) is 11.2. The number of nitrogens with one attached hydrogen (secondary N) is 1. The number of aromatic nitrogens is 1. The molecule has 112 valence electrons. The van der Waals surface area contributed by atoms with Crippen LogP contribution in [-0.2, 0) is 6.18 Å². The van der Waals surface area contributed by atoms with Crippen LogP contribution in [0.1, 0.15) is 5.56 Å². The van der Waals surface area contributed by atoms with Gasteiger partial charge in [-0.2, -0.15) is 13.2 Å². The van der Waals surface area contributed by atoms with Crippen molar-refractivity contribution >= 4 is 16.7 Å². The van der Waals surface area contributed by atoms with E-state index in [1.165, 1.54) is 6.07 Å². The number of nitrogen functional groups attached to an aromatic ring is 1. The average Bonchev–Trinajstić information content (AvgIpc) is 2.46. The predicted octanol–water partition coefficient (Wildman–Crippen LogP) is 3.80. The summed E-state index contributed by atoms with van der Waals surface area (Å²) in [5, 5.41) is -0.0390. The molecule has 0 aliphatic rings. The van der Waals surface area contributed by atoms with Gasteiger partial charge in [0.15, 0.2) is 5.43 Å². The van der Waals surface area contributed by atoms with E-state index in [-0.39, 0.29) is 16.7 Å². The molecule has 6 heteroatoms. The highest BCUT2D eigenvalue weighted by molar-refractivity contribution is 5.88. The summed E-state index contributed by atoms with van der Waals surface area (Å²) in [4.78, 5) is 14.4. The van der Waals surface area contributed by atoms with Crippen LogP contribution in [0.4, 0.5) is 19.0 Å². The number of pyridine rings is 1. The van der Waals surface area contributed by atoms with Crippen molar-refractivity contribution in [3.05, 3.63) is 64.3 Å². The van der Waals surface area contributed by atoms with Crippen molar-refractivity contribution in [1.82, 2.24) is 4.98 Å².